The lowest BCUT2D eigenvalue weighted by atomic mass is 10.1. The van der Waals surface area contributed by atoms with Crippen LogP contribution in [0.25, 0.3) is 0 Å². The van der Waals surface area contributed by atoms with Gasteiger partial charge in [0, 0.05) is 35.5 Å². The number of nitrogens with one attached hydrogen (secondary N) is 1. The SMILES string of the molecule is S=C(Nc1ccccc1)N1CCn2cccc2[C@@H]1c1cccs1. The van der Waals surface area contributed by atoms with Crippen molar-refractivity contribution < 1.29 is 0 Å². The minimum atomic E-state index is 0.183. The average molecular weight is 339 g/mol. The zero-order valence-electron chi connectivity index (χ0n) is 12.6. The Kier molecular flexibility index (Phi) is 3.89. The van der Waals surface area contributed by atoms with E-state index in [9.17, 15) is 0 Å². The molecule has 1 atom stereocenters. The van der Waals surface area contributed by atoms with Crippen molar-refractivity contribution in [3.8, 4) is 0 Å². The average Bonchev–Trinajstić information content (AvgIpc) is 3.26. The van der Waals surface area contributed by atoms with Crippen LogP contribution in [0.1, 0.15) is 16.6 Å². The number of fused-ring (bicyclic) bond motifs is 1. The fourth-order valence-corrected chi connectivity index (χ4v) is 4.23. The number of benzene rings is 1. The Labute approximate surface area is 145 Å². The second-order valence-corrected chi connectivity index (χ2v) is 6.90. The van der Waals surface area contributed by atoms with Crippen LogP contribution in [0.15, 0.2) is 66.2 Å². The molecule has 1 aliphatic heterocycles. The Bertz CT molecular complexity index is 793. The van der Waals surface area contributed by atoms with Gasteiger partial charge in [0.25, 0.3) is 0 Å². The summed E-state index contributed by atoms with van der Waals surface area (Å²) >= 11 is 7.50. The van der Waals surface area contributed by atoms with Gasteiger partial charge in [0.05, 0.1) is 0 Å². The Balaban J connectivity index is 1.66. The maximum absolute atomic E-state index is 5.72. The molecule has 5 heteroatoms. The van der Waals surface area contributed by atoms with Gasteiger partial charge in [-0.1, -0.05) is 24.3 Å². The topological polar surface area (TPSA) is 20.2 Å². The van der Waals surface area contributed by atoms with E-state index in [1.54, 1.807) is 11.3 Å². The smallest absolute Gasteiger partial charge is 0.174 e. The van der Waals surface area contributed by atoms with Gasteiger partial charge in [-0.2, -0.15) is 0 Å². The summed E-state index contributed by atoms with van der Waals surface area (Å²) < 4.78 is 2.33. The van der Waals surface area contributed by atoms with Crippen molar-refractivity contribution in [3.05, 3.63) is 76.7 Å². The molecular formula is C18H17N3S2. The van der Waals surface area contributed by atoms with Gasteiger partial charge < -0.3 is 14.8 Å². The first-order valence-electron chi connectivity index (χ1n) is 7.64. The third kappa shape index (κ3) is 2.78. The van der Waals surface area contributed by atoms with Gasteiger partial charge in [-0.25, -0.2) is 0 Å². The molecule has 3 aromatic rings. The van der Waals surface area contributed by atoms with Gasteiger partial charge in [0.2, 0.25) is 0 Å². The van der Waals surface area contributed by atoms with Crippen LogP contribution in [-0.2, 0) is 6.54 Å². The molecule has 0 bridgehead atoms. The highest BCUT2D eigenvalue weighted by molar-refractivity contribution is 7.80. The maximum Gasteiger partial charge on any atom is 0.174 e. The van der Waals surface area contributed by atoms with E-state index in [0.717, 1.165) is 23.9 Å². The Hall–Kier alpha value is -2.11. The highest BCUT2D eigenvalue weighted by atomic mass is 32.1. The number of nitrogens with zero attached hydrogens (tertiary/aromatic N) is 2. The van der Waals surface area contributed by atoms with E-state index in [1.807, 2.05) is 30.3 Å². The van der Waals surface area contributed by atoms with E-state index in [2.05, 4.69) is 50.6 Å². The molecule has 0 saturated carbocycles. The van der Waals surface area contributed by atoms with Crippen molar-refractivity contribution in [2.45, 2.75) is 12.6 Å². The van der Waals surface area contributed by atoms with Crippen LogP contribution in [0.3, 0.4) is 0 Å². The Morgan fingerprint density at radius 2 is 1.91 bits per heavy atom. The number of rotatable bonds is 2. The predicted octanol–water partition coefficient (Wildman–Crippen LogP) is 4.35. The molecule has 1 aliphatic rings. The normalized spacial score (nSPS) is 16.9. The highest BCUT2D eigenvalue weighted by Crippen LogP contribution is 2.35. The molecule has 3 nitrogen and oxygen atoms in total. The molecule has 0 saturated heterocycles. The van der Waals surface area contributed by atoms with Crippen molar-refractivity contribution in [1.82, 2.24) is 9.47 Å². The van der Waals surface area contributed by atoms with Gasteiger partial charge in [0.1, 0.15) is 6.04 Å². The van der Waals surface area contributed by atoms with Crippen LogP contribution in [-0.4, -0.2) is 21.1 Å². The summed E-state index contributed by atoms with van der Waals surface area (Å²) in [5.41, 5.74) is 2.33. The first-order valence-corrected chi connectivity index (χ1v) is 8.93. The van der Waals surface area contributed by atoms with Gasteiger partial charge in [0.15, 0.2) is 5.11 Å². The molecule has 23 heavy (non-hydrogen) atoms. The van der Waals surface area contributed by atoms with Gasteiger partial charge >= 0.3 is 0 Å². The van der Waals surface area contributed by atoms with E-state index in [0.29, 0.717) is 0 Å². The molecule has 0 fully saturated rings. The number of hydrogen-bond acceptors (Lipinski definition) is 2. The number of para-hydroxylation sites is 1. The van der Waals surface area contributed by atoms with Crippen LogP contribution < -0.4 is 5.32 Å². The zero-order chi connectivity index (χ0) is 15.6. The largest absolute Gasteiger partial charge is 0.347 e. The van der Waals surface area contributed by atoms with Crippen LogP contribution >= 0.6 is 23.6 Å². The first kappa shape index (κ1) is 14.5. The summed E-state index contributed by atoms with van der Waals surface area (Å²) in [5, 5.41) is 6.29. The molecule has 2 aromatic heterocycles. The maximum atomic E-state index is 5.72. The minimum absolute atomic E-state index is 0.183. The van der Waals surface area contributed by atoms with Crippen LogP contribution in [0.2, 0.25) is 0 Å². The second kappa shape index (κ2) is 6.18. The fraction of sp³-hybridized carbons (Fsp3) is 0.167. The third-order valence-corrected chi connectivity index (χ3v) is 5.40. The summed E-state index contributed by atoms with van der Waals surface area (Å²) in [6.07, 6.45) is 2.15. The van der Waals surface area contributed by atoms with Gasteiger partial charge in [-0.3, -0.25) is 0 Å². The third-order valence-electron chi connectivity index (χ3n) is 4.14. The van der Waals surface area contributed by atoms with Gasteiger partial charge in [-0.15, -0.1) is 11.3 Å². The number of anilines is 1. The van der Waals surface area contributed by atoms with Crippen molar-refractivity contribution in [2.75, 3.05) is 11.9 Å². The molecular weight excluding hydrogens is 322 g/mol. The monoisotopic (exact) mass is 339 g/mol. The molecule has 1 N–H and O–H groups in total. The van der Waals surface area contributed by atoms with Crippen molar-refractivity contribution in [3.63, 3.8) is 0 Å². The Morgan fingerprint density at radius 3 is 2.70 bits per heavy atom. The number of thiocarbonyl (C=S) groups is 1. The van der Waals surface area contributed by atoms with Crippen LogP contribution in [0.4, 0.5) is 5.69 Å². The lowest BCUT2D eigenvalue weighted by Gasteiger charge is -2.38. The van der Waals surface area contributed by atoms with E-state index in [4.69, 9.17) is 12.2 Å². The van der Waals surface area contributed by atoms with Crippen LogP contribution in [0.5, 0.6) is 0 Å². The molecule has 0 aliphatic carbocycles. The Morgan fingerprint density at radius 1 is 1.04 bits per heavy atom. The van der Waals surface area contributed by atoms with Gasteiger partial charge in [-0.05, 0) is 47.9 Å². The van der Waals surface area contributed by atoms with E-state index in [-0.39, 0.29) is 6.04 Å². The zero-order valence-corrected chi connectivity index (χ0v) is 14.2. The standard InChI is InChI=1S/C18H17N3S2/c22-18(19-14-6-2-1-3-7-14)21-12-11-20-10-4-8-15(20)17(21)16-9-5-13-23-16/h1-10,13,17H,11-12H2,(H,19,22)/t17-/m1/s1. The number of aromatic nitrogens is 1. The van der Waals surface area contributed by atoms with Crippen molar-refractivity contribution in [2.24, 2.45) is 0 Å². The van der Waals surface area contributed by atoms with E-state index in [1.165, 1.54) is 10.6 Å². The summed E-state index contributed by atoms with van der Waals surface area (Å²) in [5.74, 6) is 0. The molecule has 116 valence electrons. The minimum Gasteiger partial charge on any atom is -0.347 e. The van der Waals surface area contributed by atoms with Crippen LogP contribution in [0, 0.1) is 0 Å². The lowest BCUT2D eigenvalue weighted by molar-refractivity contribution is 0.297. The van der Waals surface area contributed by atoms with Crippen molar-refractivity contribution >= 4 is 34.4 Å². The number of hydrogen-bond donors (Lipinski definition) is 1. The number of thiophene rings is 1. The predicted molar refractivity (Wildman–Crippen MR) is 100.0 cm³/mol. The molecule has 0 radical (unpaired) electrons. The fourth-order valence-electron chi connectivity index (χ4n) is 3.07. The molecule has 4 rings (SSSR count). The summed E-state index contributed by atoms with van der Waals surface area (Å²) in [6, 6.07) is 18.9. The summed E-state index contributed by atoms with van der Waals surface area (Å²) in [4.78, 5) is 3.62. The summed E-state index contributed by atoms with van der Waals surface area (Å²) in [6.45, 7) is 1.86. The summed E-state index contributed by atoms with van der Waals surface area (Å²) in [7, 11) is 0. The molecule has 1 aromatic carbocycles. The molecule has 0 amide bonds. The van der Waals surface area contributed by atoms with E-state index >= 15 is 0 Å². The second-order valence-electron chi connectivity index (χ2n) is 5.53. The quantitative estimate of drug-likeness (QED) is 0.701. The molecule has 0 unspecified atom stereocenters. The first-order chi connectivity index (χ1) is 11.3. The van der Waals surface area contributed by atoms with E-state index < -0.39 is 0 Å². The molecule has 3 heterocycles. The lowest BCUT2D eigenvalue weighted by Crippen LogP contribution is -2.44. The highest BCUT2D eigenvalue weighted by Gasteiger charge is 2.31. The molecule has 0 spiro atoms. The van der Waals surface area contributed by atoms with Crippen molar-refractivity contribution in [1.29, 1.82) is 0 Å².